The van der Waals surface area contributed by atoms with Gasteiger partial charge in [0.05, 0.1) is 16.8 Å². The van der Waals surface area contributed by atoms with E-state index in [1.54, 1.807) is 54.7 Å². The first-order valence-corrected chi connectivity index (χ1v) is 9.72. The van der Waals surface area contributed by atoms with E-state index in [1.165, 1.54) is 12.4 Å². The monoisotopic (exact) mass is 424 g/mol. The fraction of sp³-hybridized carbons (Fsp3) is 0.182. The van der Waals surface area contributed by atoms with Gasteiger partial charge >= 0.3 is 0 Å². The van der Waals surface area contributed by atoms with Crippen molar-refractivity contribution < 1.29 is 14.3 Å². The van der Waals surface area contributed by atoms with E-state index >= 15 is 0 Å². The molecule has 1 heterocycles. The average molecular weight is 425 g/mol. The van der Waals surface area contributed by atoms with E-state index in [0.717, 1.165) is 0 Å². The molecular formula is C22H21ClN4O3. The van der Waals surface area contributed by atoms with Crippen LogP contribution in [0.1, 0.15) is 24.2 Å². The summed E-state index contributed by atoms with van der Waals surface area (Å²) in [5.41, 5.74) is 0.844. The van der Waals surface area contributed by atoms with Crippen LogP contribution in [0.3, 0.4) is 0 Å². The highest BCUT2D eigenvalue weighted by Gasteiger charge is 2.25. The Labute approximate surface area is 179 Å². The van der Waals surface area contributed by atoms with Gasteiger partial charge in [0, 0.05) is 24.1 Å². The number of anilines is 1. The minimum atomic E-state index is -0.752. The minimum absolute atomic E-state index is 0.143. The van der Waals surface area contributed by atoms with E-state index in [9.17, 15) is 9.59 Å². The smallest absolute Gasteiger partial charge is 0.253 e. The molecule has 0 aliphatic heterocycles. The van der Waals surface area contributed by atoms with Gasteiger partial charge in [0.25, 0.3) is 5.91 Å². The lowest BCUT2D eigenvalue weighted by atomic mass is 10.0. The molecule has 0 aliphatic rings. The van der Waals surface area contributed by atoms with E-state index < -0.39 is 11.9 Å². The van der Waals surface area contributed by atoms with Gasteiger partial charge < -0.3 is 15.4 Å². The molecule has 0 bridgehead atoms. The van der Waals surface area contributed by atoms with Gasteiger partial charge in [-0.15, -0.1) is 0 Å². The molecule has 30 heavy (non-hydrogen) atoms. The number of hydrogen-bond acceptors (Lipinski definition) is 5. The molecule has 1 atom stereocenters. The van der Waals surface area contributed by atoms with E-state index in [1.807, 2.05) is 13.8 Å². The van der Waals surface area contributed by atoms with Crippen molar-refractivity contribution in [1.82, 2.24) is 15.3 Å². The second kappa shape index (κ2) is 9.84. The number of hydrogen-bond donors (Lipinski definition) is 2. The Bertz CT molecular complexity index is 1030. The summed E-state index contributed by atoms with van der Waals surface area (Å²) >= 11 is 6.09. The van der Waals surface area contributed by atoms with E-state index in [0.29, 0.717) is 27.9 Å². The predicted molar refractivity (Wildman–Crippen MR) is 115 cm³/mol. The number of aromatic nitrogens is 2. The summed E-state index contributed by atoms with van der Waals surface area (Å²) in [6.45, 7) is 3.70. The quantitative estimate of drug-likeness (QED) is 0.589. The second-order valence-electron chi connectivity index (χ2n) is 6.84. The number of benzene rings is 2. The third-order valence-corrected chi connectivity index (χ3v) is 4.55. The molecule has 0 radical (unpaired) electrons. The molecule has 3 rings (SSSR count). The van der Waals surface area contributed by atoms with Crippen molar-refractivity contribution in [1.29, 1.82) is 0 Å². The second-order valence-corrected chi connectivity index (χ2v) is 7.24. The highest BCUT2D eigenvalue weighted by atomic mass is 35.5. The molecule has 2 aromatic carbocycles. The zero-order valence-corrected chi connectivity index (χ0v) is 17.3. The third-order valence-electron chi connectivity index (χ3n) is 4.22. The molecule has 8 heteroatoms. The van der Waals surface area contributed by atoms with Crippen molar-refractivity contribution in [2.45, 2.75) is 19.9 Å². The highest BCUT2D eigenvalue weighted by Crippen LogP contribution is 2.22. The standard InChI is InChI=1S/C22H21ClN4O3/c1-14(2)20(27-21(28)17-8-3-4-9-18(17)23)22(29)26-15-6-5-7-16(12-15)30-19-13-24-10-11-25-19/h3-14,20H,1-2H3,(H,26,29)(H,27,28). The number of carbonyl (C=O) groups is 2. The van der Waals surface area contributed by atoms with Crippen molar-refractivity contribution >= 4 is 29.1 Å². The van der Waals surface area contributed by atoms with Crippen LogP contribution in [0.2, 0.25) is 5.02 Å². The first-order valence-electron chi connectivity index (χ1n) is 9.34. The molecule has 3 aromatic rings. The number of ether oxygens (including phenoxy) is 1. The van der Waals surface area contributed by atoms with E-state index in [2.05, 4.69) is 20.6 Å². The van der Waals surface area contributed by atoms with Crippen LogP contribution in [-0.4, -0.2) is 27.8 Å². The molecule has 0 fully saturated rings. The van der Waals surface area contributed by atoms with Crippen molar-refractivity contribution in [3.8, 4) is 11.6 Å². The molecular weight excluding hydrogens is 404 g/mol. The lowest BCUT2D eigenvalue weighted by molar-refractivity contribution is -0.118. The first kappa shape index (κ1) is 21.3. The molecule has 2 amide bonds. The van der Waals surface area contributed by atoms with Crippen LogP contribution in [0.15, 0.2) is 67.1 Å². The molecule has 7 nitrogen and oxygen atoms in total. The first-order chi connectivity index (χ1) is 14.4. The van der Waals surface area contributed by atoms with Crippen LogP contribution in [0.25, 0.3) is 0 Å². The predicted octanol–water partition coefficient (Wildman–Crippen LogP) is 4.32. The van der Waals surface area contributed by atoms with Gasteiger partial charge in [-0.25, -0.2) is 4.98 Å². The summed E-state index contributed by atoms with van der Waals surface area (Å²) in [4.78, 5) is 33.4. The zero-order valence-electron chi connectivity index (χ0n) is 16.5. The fourth-order valence-electron chi connectivity index (χ4n) is 2.72. The number of nitrogens with zero attached hydrogens (tertiary/aromatic N) is 2. The summed E-state index contributed by atoms with van der Waals surface area (Å²) in [5, 5.41) is 5.91. The fourth-order valence-corrected chi connectivity index (χ4v) is 2.94. The number of amides is 2. The number of halogens is 1. The number of nitrogens with one attached hydrogen (secondary N) is 2. The molecule has 2 N–H and O–H groups in total. The van der Waals surface area contributed by atoms with Gasteiger partial charge in [-0.1, -0.05) is 43.6 Å². The van der Waals surface area contributed by atoms with Crippen LogP contribution in [0.5, 0.6) is 11.6 Å². The zero-order chi connectivity index (χ0) is 21.5. The summed E-state index contributed by atoms with van der Waals surface area (Å²) in [6.07, 6.45) is 4.56. The molecule has 0 saturated carbocycles. The van der Waals surface area contributed by atoms with Crippen molar-refractivity contribution in [2.75, 3.05) is 5.32 Å². The van der Waals surface area contributed by atoms with Crippen molar-refractivity contribution in [3.63, 3.8) is 0 Å². The van der Waals surface area contributed by atoms with Gasteiger partial charge in [-0.3, -0.25) is 14.6 Å². The maximum atomic E-state index is 12.9. The lowest BCUT2D eigenvalue weighted by Crippen LogP contribution is -2.47. The van der Waals surface area contributed by atoms with Crippen molar-refractivity contribution in [2.24, 2.45) is 5.92 Å². The van der Waals surface area contributed by atoms with Gasteiger partial charge in [0.2, 0.25) is 11.8 Å². The highest BCUT2D eigenvalue weighted by molar-refractivity contribution is 6.33. The molecule has 154 valence electrons. The van der Waals surface area contributed by atoms with E-state index in [4.69, 9.17) is 16.3 Å². The van der Waals surface area contributed by atoms with Crippen LogP contribution in [0.4, 0.5) is 5.69 Å². The van der Waals surface area contributed by atoms with Crippen LogP contribution >= 0.6 is 11.6 Å². The van der Waals surface area contributed by atoms with Crippen LogP contribution < -0.4 is 15.4 Å². The molecule has 1 aromatic heterocycles. The maximum Gasteiger partial charge on any atom is 0.253 e. The summed E-state index contributed by atoms with van der Waals surface area (Å²) in [7, 11) is 0. The van der Waals surface area contributed by atoms with Gasteiger partial charge in [-0.2, -0.15) is 0 Å². The van der Waals surface area contributed by atoms with Gasteiger partial charge in [0.15, 0.2) is 0 Å². The lowest BCUT2D eigenvalue weighted by Gasteiger charge is -2.22. The Morgan fingerprint density at radius 3 is 2.57 bits per heavy atom. The number of carbonyl (C=O) groups excluding carboxylic acids is 2. The normalized spacial score (nSPS) is 11.6. The van der Waals surface area contributed by atoms with Gasteiger partial charge in [0.1, 0.15) is 11.8 Å². The Morgan fingerprint density at radius 1 is 1.07 bits per heavy atom. The Hall–Kier alpha value is -3.45. The van der Waals surface area contributed by atoms with Crippen LogP contribution in [-0.2, 0) is 4.79 Å². The van der Waals surface area contributed by atoms with Crippen molar-refractivity contribution in [3.05, 3.63) is 77.7 Å². The molecule has 1 unspecified atom stereocenters. The number of rotatable bonds is 7. The topological polar surface area (TPSA) is 93.2 Å². The van der Waals surface area contributed by atoms with Gasteiger partial charge in [-0.05, 0) is 30.2 Å². The molecule has 0 aliphatic carbocycles. The molecule has 0 saturated heterocycles. The van der Waals surface area contributed by atoms with Crippen LogP contribution in [0, 0.1) is 5.92 Å². The molecule has 0 spiro atoms. The third kappa shape index (κ3) is 5.55. The summed E-state index contributed by atoms with van der Waals surface area (Å²) in [5.74, 6) is -0.0609. The van der Waals surface area contributed by atoms with E-state index in [-0.39, 0.29) is 11.8 Å². The SMILES string of the molecule is CC(C)C(NC(=O)c1ccccc1Cl)C(=O)Nc1cccc(Oc2cnccn2)c1. The summed E-state index contributed by atoms with van der Waals surface area (Å²) < 4.78 is 5.63. The Morgan fingerprint density at radius 2 is 1.87 bits per heavy atom. The Kier molecular flexibility index (Phi) is 6.98. The average Bonchev–Trinajstić information content (AvgIpc) is 2.73. The largest absolute Gasteiger partial charge is 0.437 e. The Balaban J connectivity index is 1.70. The summed E-state index contributed by atoms with van der Waals surface area (Å²) in [6, 6.07) is 12.8. The minimum Gasteiger partial charge on any atom is -0.437 e. The maximum absolute atomic E-state index is 12.9.